The fraction of sp³-hybridized carbons (Fsp3) is 0.909. The van der Waals surface area contributed by atoms with Crippen molar-refractivity contribution < 1.29 is 19.4 Å². The monoisotopic (exact) mass is 231 g/mol. The van der Waals surface area contributed by atoms with Crippen LogP contribution in [0.2, 0.25) is 0 Å². The lowest BCUT2D eigenvalue weighted by Gasteiger charge is -2.30. The molecule has 1 atom stereocenters. The van der Waals surface area contributed by atoms with Crippen LogP contribution in [-0.4, -0.2) is 54.1 Å². The van der Waals surface area contributed by atoms with Gasteiger partial charge in [0, 0.05) is 13.2 Å². The summed E-state index contributed by atoms with van der Waals surface area (Å²) in [5.74, 6) is 0. The maximum atomic E-state index is 11.9. The van der Waals surface area contributed by atoms with Crippen molar-refractivity contribution in [3.8, 4) is 0 Å². The second kappa shape index (κ2) is 5.50. The number of nitrogens with zero attached hydrogens (tertiary/aromatic N) is 1. The van der Waals surface area contributed by atoms with Gasteiger partial charge in [0.1, 0.15) is 5.60 Å². The summed E-state index contributed by atoms with van der Waals surface area (Å²) in [6.07, 6.45) is 0.271. The van der Waals surface area contributed by atoms with Gasteiger partial charge in [-0.15, -0.1) is 0 Å². The average molecular weight is 231 g/mol. The Hall–Kier alpha value is -0.810. The molecule has 1 unspecified atom stereocenters. The molecule has 0 spiro atoms. The largest absolute Gasteiger partial charge is 0.444 e. The molecule has 16 heavy (non-hydrogen) atoms. The third-order valence-corrected chi connectivity index (χ3v) is 2.35. The van der Waals surface area contributed by atoms with Crippen LogP contribution in [0.4, 0.5) is 4.79 Å². The molecule has 5 heteroatoms. The van der Waals surface area contributed by atoms with Crippen molar-refractivity contribution >= 4 is 6.09 Å². The second-order valence-corrected chi connectivity index (χ2v) is 4.91. The lowest BCUT2D eigenvalue weighted by molar-refractivity contribution is 0.0102. The van der Waals surface area contributed by atoms with E-state index in [0.29, 0.717) is 26.2 Å². The van der Waals surface area contributed by atoms with E-state index in [1.807, 2.05) is 20.8 Å². The number of rotatable bonds is 1. The third kappa shape index (κ3) is 3.98. The fourth-order valence-electron chi connectivity index (χ4n) is 1.57. The van der Waals surface area contributed by atoms with Gasteiger partial charge in [-0.1, -0.05) is 0 Å². The fourth-order valence-corrected chi connectivity index (χ4v) is 1.57. The number of aliphatic hydroxyl groups is 1. The highest BCUT2D eigenvalue weighted by Gasteiger charge is 2.29. The van der Waals surface area contributed by atoms with E-state index in [0.717, 1.165) is 0 Å². The topological polar surface area (TPSA) is 59.0 Å². The second-order valence-electron chi connectivity index (χ2n) is 4.91. The molecule has 1 fully saturated rings. The number of hydrogen-bond acceptors (Lipinski definition) is 4. The minimum absolute atomic E-state index is 0.0530. The summed E-state index contributed by atoms with van der Waals surface area (Å²) >= 11 is 0. The smallest absolute Gasteiger partial charge is 0.410 e. The van der Waals surface area contributed by atoms with Gasteiger partial charge in [-0.3, -0.25) is 0 Å². The molecule has 94 valence electrons. The van der Waals surface area contributed by atoms with Gasteiger partial charge in [0.15, 0.2) is 0 Å². The molecule has 0 aromatic carbocycles. The molecular weight excluding hydrogens is 210 g/mol. The first kappa shape index (κ1) is 13.3. The Morgan fingerprint density at radius 3 is 2.75 bits per heavy atom. The van der Waals surface area contributed by atoms with Gasteiger partial charge in [-0.2, -0.15) is 0 Å². The molecule has 0 radical (unpaired) electrons. The van der Waals surface area contributed by atoms with Crippen molar-refractivity contribution in [1.82, 2.24) is 4.90 Å². The highest BCUT2D eigenvalue weighted by molar-refractivity contribution is 5.68. The predicted octanol–water partition coefficient (Wildman–Crippen LogP) is 1.00. The SMILES string of the molecule is CC(C)(C)OC(=O)N1CCOCCC1CO. The average Bonchev–Trinajstić information content (AvgIpc) is 2.39. The number of hydrogen-bond donors (Lipinski definition) is 1. The normalized spacial score (nSPS) is 22.8. The van der Waals surface area contributed by atoms with E-state index in [4.69, 9.17) is 9.47 Å². The molecule has 0 bridgehead atoms. The molecule has 1 heterocycles. The van der Waals surface area contributed by atoms with Gasteiger partial charge in [0.2, 0.25) is 0 Å². The molecule has 1 aliphatic rings. The molecule has 0 saturated carbocycles. The molecule has 1 saturated heterocycles. The van der Waals surface area contributed by atoms with E-state index in [2.05, 4.69) is 0 Å². The summed E-state index contributed by atoms with van der Waals surface area (Å²) in [6.45, 7) is 6.97. The predicted molar refractivity (Wildman–Crippen MR) is 59.2 cm³/mol. The number of amides is 1. The van der Waals surface area contributed by atoms with Crippen LogP contribution >= 0.6 is 0 Å². The van der Waals surface area contributed by atoms with Crippen LogP contribution in [0.15, 0.2) is 0 Å². The van der Waals surface area contributed by atoms with Gasteiger partial charge in [-0.25, -0.2) is 4.79 Å². The van der Waals surface area contributed by atoms with Crippen LogP contribution < -0.4 is 0 Å². The van der Waals surface area contributed by atoms with Crippen molar-refractivity contribution in [2.45, 2.75) is 38.8 Å². The Balaban J connectivity index is 2.63. The number of aliphatic hydroxyl groups excluding tert-OH is 1. The minimum Gasteiger partial charge on any atom is -0.444 e. The van der Waals surface area contributed by atoms with E-state index in [-0.39, 0.29) is 18.7 Å². The first-order chi connectivity index (χ1) is 7.44. The van der Waals surface area contributed by atoms with Gasteiger partial charge in [-0.05, 0) is 27.2 Å². The number of ether oxygens (including phenoxy) is 2. The Labute approximate surface area is 96.3 Å². The molecule has 5 nitrogen and oxygen atoms in total. The van der Waals surface area contributed by atoms with Gasteiger partial charge >= 0.3 is 6.09 Å². The standard InChI is InChI=1S/C11H21NO4/c1-11(2,3)16-10(14)12-5-7-15-6-4-9(12)8-13/h9,13H,4-8H2,1-3H3. The molecule has 1 N–H and O–H groups in total. The highest BCUT2D eigenvalue weighted by Crippen LogP contribution is 2.15. The zero-order chi connectivity index (χ0) is 12.2. The molecule has 1 aliphatic heterocycles. The van der Waals surface area contributed by atoms with Gasteiger partial charge in [0.05, 0.1) is 19.3 Å². The molecule has 1 rings (SSSR count). The van der Waals surface area contributed by atoms with Crippen LogP contribution in [0.1, 0.15) is 27.2 Å². The quantitative estimate of drug-likeness (QED) is 0.731. The number of carbonyl (C=O) groups is 1. The minimum atomic E-state index is -0.510. The zero-order valence-corrected chi connectivity index (χ0v) is 10.2. The van der Waals surface area contributed by atoms with Gasteiger partial charge < -0.3 is 19.5 Å². The van der Waals surface area contributed by atoms with E-state index in [1.165, 1.54) is 0 Å². The van der Waals surface area contributed by atoms with E-state index in [9.17, 15) is 9.90 Å². The molecular formula is C11H21NO4. The molecule has 0 aromatic heterocycles. The van der Waals surface area contributed by atoms with Crippen LogP contribution in [0.5, 0.6) is 0 Å². The van der Waals surface area contributed by atoms with Crippen LogP contribution in [0, 0.1) is 0 Å². The zero-order valence-electron chi connectivity index (χ0n) is 10.2. The van der Waals surface area contributed by atoms with Crippen molar-refractivity contribution in [2.24, 2.45) is 0 Å². The first-order valence-corrected chi connectivity index (χ1v) is 5.62. The van der Waals surface area contributed by atoms with Crippen molar-refractivity contribution in [3.05, 3.63) is 0 Å². The summed E-state index contributed by atoms with van der Waals surface area (Å²) in [6, 6.07) is -0.197. The van der Waals surface area contributed by atoms with Crippen molar-refractivity contribution in [1.29, 1.82) is 0 Å². The molecule has 0 aromatic rings. The summed E-state index contributed by atoms with van der Waals surface area (Å²) in [5.41, 5.74) is -0.510. The Bertz CT molecular complexity index is 237. The van der Waals surface area contributed by atoms with E-state index >= 15 is 0 Å². The Morgan fingerprint density at radius 2 is 2.19 bits per heavy atom. The van der Waals surface area contributed by atoms with E-state index in [1.54, 1.807) is 4.90 Å². The summed E-state index contributed by atoms with van der Waals surface area (Å²) < 4.78 is 10.6. The number of carbonyl (C=O) groups excluding carboxylic acids is 1. The van der Waals surface area contributed by atoms with E-state index < -0.39 is 5.60 Å². The maximum Gasteiger partial charge on any atom is 0.410 e. The summed E-state index contributed by atoms with van der Waals surface area (Å²) in [5, 5.41) is 9.23. The summed E-state index contributed by atoms with van der Waals surface area (Å²) in [4.78, 5) is 13.4. The first-order valence-electron chi connectivity index (χ1n) is 5.62. The third-order valence-electron chi connectivity index (χ3n) is 2.35. The highest BCUT2D eigenvalue weighted by atomic mass is 16.6. The van der Waals surface area contributed by atoms with Gasteiger partial charge in [0.25, 0.3) is 0 Å². The van der Waals surface area contributed by atoms with Crippen LogP contribution in [0.3, 0.4) is 0 Å². The maximum absolute atomic E-state index is 11.9. The summed E-state index contributed by atoms with van der Waals surface area (Å²) in [7, 11) is 0. The van der Waals surface area contributed by atoms with Crippen molar-refractivity contribution in [2.75, 3.05) is 26.4 Å². The van der Waals surface area contributed by atoms with Crippen LogP contribution in [0.25, 0.3) is 0 Å². The van der Waals surface area contributed by atoms with Crippen molar-refractivity contribution in [3.63, 3.8) is 0 Å². The Morgan fingerprint density at radius 1 is 1.50 bits per heavy atom. The molecule has 1 amide bonds. The Kier molecular flexibility index (Phi) is 4.56. The lowest BCUT2D eigenvalue weighted by Crippen LogP contribution is -2.45. The molecule has 0 aliphatic carbocycles. The van der Waals surface area contributed by atoms with Crippen LogP contribution in [-0.2, 0) is 9.47 Å². The lowest BCUT2D eigenvalue weighted by atomic mass is 10.2.